The van der Waals surface area contributed by atoms with Crippen molar-refractivity contribution in [1.82, 2.24) is 0 Å². The number of carbonyl (C=O) groups is 1. The van der Waals surface area contributed by atoms with Gasteiger partial charge in [-0.3, -0.25) is 9.36 Å². The second-order valence-corrected chi connectivity index (χ2v) is 21.7. The molecule has 0 N–H and O–H groups in total. The third kappa shape index (κ3) is 53.7. The number of unbranched alkanes of at least 4 members (excludes halogenated alkanes) is 33. The molecule has 9 heteroatoms. The molecule has 0 bridgehead atoms. The molecule has 390 valence electrons. The van der Waals surface area contributed by atoms with Crippen LogP contribution >= 0.6 is 7.82 Å². The minimum Gasteiger partial charge on any atom is -0.756 e. The molecule has 0 rings (SSSR count). The fourth-order valence-corrected chi connectivity index (χ4v) is 8.77. The summed E-state index contributed by atoms with van der Waals surface area (Å²) < 4.78 is 34.8. The minimum atomic E-state index is -4.53. The number of likely N-dealkylation sites (N-methyl/N-ethyl adjacent to an activating group) is 1. The van der Waals surface area contributed by atoms with E-state index in [0.29, 0.717) is 24.1 Å². The van der Waals surface area contributed by atoms with E-state index in [4.69, 9.17) is 18.5 Å². The molecule has 2 unspecified atom stereocenters. The Bertz CT molecular complexity index is 1150. The Hall–Kier alpha value is -1.28. The number of rotatable bonds is 53. The first-order valence-corrected chi connectivity index (χ1v) is 29.7. The molecule has 0 aliphatic rings. The van der Waals surface area contributed by atoms with Crippen molar-refractivity contribution in [2.45, 2.75) is 270 Å². The summed E-state index contributed by atoms with van der Waals surface area (Å²) in [6, 6.07) is 0. The lowest BCUT2D eigenvalue weighted by atomic mass is 10.0. The molecule has 0 aliphatic heterocycles. The first-order chi connectivity index (χ1) is 32.1. The van der Waals surface area contributed by atoms with Gasteiger partial charge in [0.05, 0.1) is 34.4 Å². The zero-order valence-electron chi connectivity index (χ0n) is 44.4. The van der Waals surface area contributed by atoms with E-state index in [1.54, 1.807) is 0 Å². The smallest absolute Gasteiger partial charge is 0.306 e. The highest BCUT2D eigenvalue weighted by Crippen LogP contribution is 2.38. The van der Waals surface area contributed by atoms with Crippen LogP contribution in [0.2, 0.25) is 0 Å². The van der Waals surface area contributed by atoms with Crippen LogP contribution in [0.3, 0.4) is 0 Å². The van der Waals surface area contributed by atoms with E-state index in [1.165, 1.54) is 205 Å². The summed E-state index contributed by atoms with van der Waals surface area (Å²) in [4.78, 5) is 25.2. The highest BCUT2D eigenvalue weighted by molar-refractivity contribution is 7.45. The predicted molar refractivity (Wildman–Crippen MR) is 282 cm³/mol. The van der Waals surface area contributed by atoms with E-state index in [9.17, 15) is 14.3 Å². The van der Waals surface area contributed by atoms with Crippen molar-refractivity contribution < 1.29 is 37.3 Å². The van der Waals surface area contributed by atoms with Gasteiger partial charge < -0.3 is 27.9 Å². The summed E-state index contributed by atoms with van der Waals surface area (Å²) in [7, 11) is 1.36. The van der Waals surface area contributed by atoms with E-state index in [0.717, 1.165) is 38.5 Å². The predicted octanol–water partition coefficient (Wildman–Crippen LogP) is 17.0. The Kier molecular flexibility index (Phi) is 49.1. The Labute approximate surface area is 410 Å². The fourth-order valence-electron chi connectivity index (χ4n) is 8.04. The third-order valence-electron chi connectivity index (χ3n) is 12.4. The van der Waals surface area contributed by atoms with E-state index in [1.807, 2.05) is 21.1 Å². The molecule has 66 heavy (non-hydrogen) atoms. The van der Waals surface area contributed by atoms with Crippen molar-refractivity contribution in [2.24, 2.45) is 0 Å². The number of quaternary nitrogens is 1. The monoisotopic (exact) mass is 952 g/mol. The molecule has 0 heterocycles. The summed E-state index contributed by atoms with van der Waals surface area (Å²) in [6.07, 6.45) is 61.8. The Morgan fingerprint density at radius 2 is 0.833 bits per heavy atom. The number of allylic oxidation sites excluding steroid dienone is 6. The Morgan fingerprint density at radius 1 is 0.470 bits per heavy atom. The first kappa shape index (κ1) is 64.7. The molecule has 0 saturated heterocycles. The van der Waals surface area contributed by atoms with Gasteiger partial charge >= 0.3 is 5.97 Å². The summed E-state index contributed by atoms with van der Waals surface area (Å²) in [5.41, 5.74) is 0. The van der Waals surface area contributed by atoms with Gasteiger partial charge in [-0.25, -0.2) is 0 Å². The number of phosphoric acid groups is 1. The van der Waals surface area contributed by atoms with Crippen LogP contribution < -0.4 is 4.89 Å². The fraction of sp³-hybridized carbons (Fsp3) is 0.877. The molecule has 0 spiro atoms. The summed E-state index contributed by atoms with van der Waals surface area (Å²) in [5, 5.41) is 0. The normalized spacial score (nSPS) is 13.7. The molecule has 0 amide bonds. The lowest BCUT2D eigenvalue weighted by Gasteiger charge is -2.28. The lowest BCUT2D eigenvalue weighted by molar-refractivity contribution is -0.870. The number of hydrogen-bond acceptors (Lipinski definition) is 7. The van der Waals surface area contributed by atoms with Gasteiger partial charge in [-0.2, -0.15) is 0 Å². The van der Waals surface area contributed by atoms with Gasteiger partial charge in [0, 0.05) is 13.0 Å². The molecule has 0 fully saturated rings. The summed E-state index contributed by atoms with van der Waals surface area (Å²) >= 11 is 0. The summed E-state index contributed by atoms with van der Waals surface area (Å²) in [6.45, 7) is 5.44. The number of hydrogen-bond donors (Lipinski definition) is 0. The Balaban J connectivity index is 4.05. The van der Waals surface area contributed by atoms with E-state index < -0.39 is 13.9 Å². The van der Waals surface area contributed by atoms with E-state index in [-0.39, 0.29) is 25.8 Å². The van der Waals surface area contributed by atoms with Crippen LogP contribution in [0.1, 0.15) is 264 Å². The van der Waals surface area contributed by atoms with Crippen LogP contribution in [0.25, 0.3) is 0 Å². The van der Waals surface area contributed by atoms with Gasteiger partial charge in [0.25, 0.3) is 7.82 Å². The van der Waals surface area contributed by atoms with Crippen molar-refractivity contribution in [3.63, 3.8) is 0 Å². The van der Waals surface area contributed by atoms with Crippen molar-refractivity contribution in [3.05, 3.63) is 36.5 Å². The third-order valence-corrected chi connectivity index (χ3v) is 13.4. The molecule has 8 nitrogen and oxygen atoms in total. The van der Waals surface area contributed by atoms with Crippen LogP contribution in [0.15, 0.2) is 36.5 Å². The van der Waals surface area contributed by atoms with Crippen LogP contribution in [0, 0.1) is 0 Å². The maximum atomic E-state index is 12.8. The number of ether oxygens (including phenoxy) is 2. The zero-order valence-corrected chi connectivity index (χ0v) is 45.3. The van der Waals surface area contributed by atoms with Crippen LogP contribution in [0.5, 0.6) is 0 Å². The maximum absolute atomic E-state index is 12.8. The first-order valence-electron chi connectivity index (χ1n) is 28.2. The minimum absolute atomic E-state index is 0.0262. The van der Waals surface area contributed by atoms with E-state index in [2.05, 4.69) is 50.3 Å². The quantitative estimate of drug-likeness (QED) is 0.0197. The summed E-state index contributed by atoms with van der Waals surface area (Å²) in [5.74, 6) is -0.335. The number of carbonyl (C=O) groups excluding carboxylic acids is 1. The number of nitrogens with zero attached hydrogens (tertiary/aromatic N) is 1. The van der Waals surface area contributed by atoms with Crippen molar-refractivity contribution in [1.29, 1.82) is 0 Å². The van der Waals surface area contributed by atoms with Crippen LogP contribution in [-0.4, -0.2) is 70.7 Å². The molecule has 0 saturated carbocycles. The lowest BCUT2D eigenvalue weighted by Crippen LogP contribution is -2.37. The molecular weight excluding hydrogens is 842 g/mol. The Morgan fingerprint density at radius 3 is 1.24 bits per heavy atom. The van der Waals surface area contributed by atoms with Crippen LogP contribution in [-0.2, 0) is 27.9 Å². The molecule has 0 aromatic rings. The molecule has 0 aliphatic carbocycles. The van der Waals surface area contributed by atoms with Crippen LogP contribution in [0.4, 0.5) is 0 Å². The number of esters is 1. The van der Waals surface area contributed by atoms with Gasteiger partial charge in [0.15, 0.2) is 0 Å². The average Bonchev–Trinajstić information content (AvgIpc) is 3.28. The molecule has 0 radical (unpaired) electrons. The molecule has 2 atom stereocenters. The second kappa shape index (κ2) is 50.1. The van der Waals surface area contributed by atoms with Gasteiger partial charge in [0.2, 0.25) is 0 Å². The molecule has 0 aromatic carbocycles. The zero-order chi connectivity index (χ0) is 48.3. The molecule has 0 aromatic heterocycles. The SMILES string of the molecule is CCCCCCC/C=C\C/C=C\CCCCCCCCCCCCCCCCOCC(COP(=O)([O-])OCC[N+](C)(C)C)OC(=O)CCCCCCCCC/C=C\CCCCCCCCC. The maximum Gasteiger partial charge on any atom is 0.306 e. The van der Waals surface area contributed by atoms with Crippen molar-refractivity contribution >= 4 is 13.8 Å². The van der Waals surface area contributed by atoms with E-state index >= 15 is 0 Å². The van der Waals surface area contributed by atoms with Gasteiger partial charge in [0.1, 0.15) is 19.3 Å². The van der Waals surface area contributed by atoms with Gasteiger partial charge in [-0.15, -0.1) is 0 Å². The second-order valence-electron chi connectivity index (χ2n) is 20.3. The van der Waals surface area contributed by atoms with Gasteiger partial charge in [-0.05, 0) is 70.6 Å². The largest absolute Gasteiger partial charge is 0.756 e. The highest BCUT2D eigenvalue weighted by atomic mass is 31.2. The molecular formula is C57H110NO7P. The highest BCUT2D eigenvalue weighted by Gasteiger charge is 2.20. The number of phosphoric ester groups is 1. The average molecular weight is 952 g/mol. The van der Waals surface area contributed by atoms with Gasteiger partial charge in [-0.1, -0.05) is 224 Å². The topological polar surface area (TPSA) is 94.1 Å². The van der Waals surface area contributed by atoms with Crippen molar-refractivity contribution in [2.75, 3.05) is 54.1 Å². The van der Waals surface area contributed by atoms with Crippen molar-refractivity contribution in [3.8, 4) is 0 Å². The standard InChI is InChI=1S/C57H110NO7P/c1-6-8-10-12-14-16-18-20-22-24-26-27-28-29-30-31-32-33-35-37-39-41-43-45-47-49-52-62-54-56(55-64-66(60,61)63-53-51-58(3,4)5)65-57(59)50-48-46-44-42-40-38-36-34-25-23-21-19-17-15-13-11-9-7-2/h18,20,23-26,56H,6-17,19,21-22,27-55H2,1-5H3/b20-18-,25-23-,26-24-.